The molecule has 2 fully saturated rings. The van der Waals surface area contributed by atoms with E-state index in [9.17, 15) is 4.79 Å². The summed E-state index contributed by atoms with van der Waals surface area (Å²) in [4.78, 5) is 15.3. The second kappa shape index (κ2) is 3.46. The standard InChI is InChI=1S/C9H15ClN2O/c1-7-5-11-4-2-3-8(11)6-12(7)9(10)13/h7-8H,2-6H2,1H3. The van der Waals surface area contributed by atoms with Gasteiger partial charge >= 0.3 is 5.37 Å². The van der Waals surface area contributed by atoms with Crippen molar-refractivity contribution in [3.8, 4) is 0 Å². The number of hydrogen-bond donors (Lipinski definition) is 0. The summed E-state index contributed by atoms with van der Waals surface area (Å²) in [7, 11) is 0. The number of rotatable bonds is 0. The van der Waals surface area contributed by atoms with E-state index in [1.165, 1.54) is 19.4 Å². The number of amides is 1. The van der Waals surface area contributed by atoms with E-state index in [1.807, 2.05) is 0 Å². The lowest BCUT2D eigenvalue weighted by molar-refractivity contribution is 0.0905. The van der Waals surface area contributed by atoms with Gasteiger partial charge in [-0.05, 0) is 37.9 Å². The monoisotopic (exact) mass is 202 g/mol. The van der Waals surface area contributed by atoms with Crippen molar-refractivity contribution in [2.45, 2.75) is 31.8 Å². The minimum absolute atomic E-state index is 0.277. The quantitative estimate of drug-likeness (QED) is 0.439. The van der Waals surface area contributed by atoms with Crippen LogP contribution in [0.3, 0.4) is 0 Å². The molecule has 0 aromatic heterocycles. The van der Waals surface area contributed by atoms with Gasteiger partial charge in [0.15, 0.2) is 0 Å². The molecule has 2 atom stereocenters. The summed E-state index contributed by atoms with van der Waals surface area (Å²) in [5, 5.41) is -0.293. The maximum absolute atomic E-state index is 11.1. The lowest BCUT2D eigenvalue weighted by atomic mass is 10.1. The van der Waals surface area contributed by atoms with Crippen molar-refractivity contribution in [3.05, 3.63) is 0 Å². The zero-order valence-corrected chi connectivity index (χ0v) is 8.63. The van der Waals surface area contributed by atoms with E-state index in [2.05, 4.69) is 11.8 Å². The first-order valence-corrected chi connectivity index (χ1v) is 5.26. The molecule has 74 valence electrons. The molecular formula is C9H15ClN2O. The molecule has 0 aromatic carbocycles. The predicted molar refractivity (Wildman–Crippen MR) is 52.0 cm³/mol. The Labute approximate surface area is 83.6 Å². The van der Waals surface area contributed by atoms with Crippen LogP contribution in [0.2, 0.25) is 0 Å². The molecule has 0 radical (unpaired) electrons. The Hall–Kier alpha value is -0.280. The Morgan fingerprint density at radius 2 is 2.23 bits per heavy atom. The largest absolute Gasteiger partial charge is 0.324 e. The Balaban J connectivity index is 2.05. The SMILES string of the molecule is CC1CN2CCCC2CN1C(=O)Cl. The van der Waals surface area contributed by atoms with Crippen molar-refractivity contribution in [3.63, 3.8) is 0 Å². The van der Waals surface area contributed by atoms with E-state index < -0.39 is 0 Å². The lowest BCUT2D eigenvalue weighted by Gasteiger charge is -2.41. The van der Waals surface area contributed by atoms with Gasteiger partial charge in [-0.2, -0.15) is 0 Å². The average molecular weight is 203 g/mol. The smallest absolute Gasteiger partial charge is 0.316 e. The van der Waals surface area contributed by atoms with E-state index in [4.69, 9.17) is 11.6 Å². The second-order valence-corrected chi connectivity index (χ2v) is 4.37. The molecule has 0 aromatic rings. The Morgan fingerprint density at radius 1 is 1.46 bits per heavy atom. The van der Waals surface area contributed by atoms with Gasteiger partial charge in [0.2, 0.25) is 0 Å². The van der Waals surface area contributed by atoms with Gasteiger partial charge in [0, 0.05) is 25.2 Å². The van der Waals surface area contributed by atoms with E-state index in [0.29, 0.717) is 6.04 Å². The third-order valence-corrected chi connectivity index (χ3v) is 3.38. The number of carbonyl (C=O) groups excluding carboxylic acids is 1. The van der Waals surface area contributed by atoms with Crippen molar-refractivity contribution in [1.82, 2.24) is 9.80 Å². The molecule has 0 aliphatic carbocycles. The summed E-state index contributed by atoms with van der Waals surface area (Å²) in [6.07, 6.45) is 2.48. The van der Waals surface area contributed by atoms with Gasteiger partial charge in [0.25, 0.3) is 0 Å². The highest BCUT2D eigenvalue weighted by Gasteiger charge is 2.35. The van der Waals surface area contributed by atoms with Crippen molar-refractivity contribution >= 4 is 17.0 Å². The molecular weight excluding hydrogens is 188 g/mol. The van der Waals surface area contributed by atoms with E-state index in [-0.39, 0.29) is 11.4 Å². The topological polar surface area (TPSA) is 23.6 Å². The summed E-state index contributed by atoms with van der Waals surface area (Å²) >= 11 is 5.51. The molecule has 2 aliphatic heterocycles. The third kappa shape index (κ3) is 1.67. The van der Waals surface area contributed by atoms with Crippen LogP contribution in [0, 0.1) is 0 Å². The van der Waals surface area contributed by atoms with Gasteiger partial charge in [-0.25, -0.2) is 0 Å². The van der Waals surface area contributed by atoms with Crippen LogP contribution in [0.15, 0.2) is 0 Å². The van der Waals surface area contributed by atoms with Crippen molar-refractivity contribution in [2.24, 2.45) is 0 Å². The van der Waals surface area contributed by atoms with Crippen LogP contribution in [0.5, 0.6) is 0 Å². The summed E-state index contributed by atoms with van der Waals surface area (Å²) in [5.41, 5.74) is 0. The molecule has 2 heterocycles. The highest BCUT2D eigenvalue weighted by Crippen LogP contribution is 2.25. The summed E-state index contributed by atoms with van der Waals surface area (Å²) < 4.78 is 0. The molecule has 0 N–H and O–H groups in total. The van der Waals surface area contributed by atoms with Crippen molar-refractivity contribution in [2.75, 3.05) is 19.6 Å². The minimum atomic E-state index is -0.293. The zero-order valence-electron chi connectivity index (χ0n) is 7.87. The second-order valence-electron chi connectivity index (χ2n) is 4.05. The maximum atomic E-state index is 11.1. The Bertz CT molecular complexity index is 222. The van der Waals surface area contributed by atoms with Crippen molar-refractivity contribution in [1.29, 1.82) is 0 Å². The van der Waals surface area contributed by atoms with Gasteiger partial charge in [-0.3, -0.25) is 9.69 Å². The number of hydrogen-bond acceptors (Lipinski definition) is 2. The fraction of sp³-hybridized carbons (Fsp3) is 0.889. The number of halogens is 1. The molecule has 2 unspecified atom stereocenters. The molecule has 2 aliphatic rings. The minimum Gasteiger partial charge on any atom is -0.324 e. The Kier molecular flexibility index (Phi) is 2.47. The van der Waals surface area contributed by atoms with Crippen LogP contribution in [0.4, 0.5) is 4.79 Å². The first kappa shape index (κ1) is 9.28. The number of nitrogens with zero attached hydrogens (tertiary/aromatic N) is 2. The first-order valence-electron chi connectivity index (χ1n) is 4.88. The molecule has 1 amide bonds. The van der Waals surface area contributed by atoms with Gasteiger partial charge in [0.05, 0.1) is 0 Å². The molecule has 0 saturated carbocycles. The molecule has 3 nitrogen and oxygen atoms in total. The van der Waals surface area contributed by atoms with Crippen LogP contribution >= 0.6 is 11.6 Å². The molecule has 13 heavy (non-hydrogen) atoms. The molecule has 0 spiro atoms. The van der Waals surface area contributed by atoms with Crippen LogP contribution in [0.1, 0.15) is 19.8 Å². The first-order chi connectivity index (χ1) is 6.18. The van der Waals surface area contributed by atoms with Crippen molar-refractivity contribution < 1.29 is 4.79 Å². The fourth-order valence-electron chi connectivity index (χ4n) is 2.43. The summed E-state index contributed by atoms with van der Waals surface area (Å²) in [6, 6.07) is 0.846. The van der Waals surface area contributed by atoms with E-state index >= 15 is 0 Å². The number of piperazine rings is 1. The fourth-order valence-corrected chi connectivity index (χ4v) is 2.67. The number of fused-ring (bicyclic) bond motifs is 1. The summed E-state index contributed by atoms with van der Waals surface area (Å²) in [6.45, 7) is 5.07. The van der Waals surface area contributed by atoms with Gasteiger partial charge in [-0.1, -0.05) is 0 Å². The molecule has 2 saturated heterocycles. The van der Waals surface area contributed by atoms with Gasteiger partial charge in [-0.15, -0.1) is 0 Å². The van der Waals surface area contributed by atoms with Crippen LogP contribution in [-0.2, 0) is 0 Å². The predicted octanol–water partition coefficient (Wildman–Crippen LogP) is 1.51. The number of carbonyl (C=O) groups is 1. The Morgan fingerprint density at radius 3 is 2.92 bits per heavy atom. The van der Waals surface area contributed by atoms with Gasteiger partial charge < -0.3 is 4.90 Å². The maximum Gasteiger partial charge on any atom is 0.316 e. The summed E-state index contributed by atoms with van der Waals surface area (Å²) in [5.74, 6) is 0. The average Bonchev–Trinajstić information content (AvgIpc) is 2.48. The molecule has 4 heteroatoms. The lowest BCUT2D eigenvalue weighted by Crippen LogP contribution is -2.55. The zero-order chi connectivity index (χ0) is 9.42. The van der Waals surface area contributed by atoms with Crippen LogP contribution in [0.25, 0.3) is 0 Å². The highest BCUT2D eigenvalue weighted by molar-refractivity contribution is 6.62. The van der Waals surface area contributed by atoms with Crippen LogP contribution < -0.4 is 0 Å². The van der Waals surface area contributed by atoms with E-state index in [0.717, 1.165) is 13.1 Å². The van der Waals surface area contributed by atoms with Crippen LogP contribution in [-0.4, -0.2) is 46.9 Å². The third-order valence-electron chi connectivity index (χ3n) is 3.16. The highest BCUT2D eigenvalue weighted by atomic mass is 35.5. The van der Waals surface area contributed by atoms with E-state index in [1.54, 1.807) is 4.90 Å². The normalized spacial score (nSPS) is 34.8. The molecule has 2 rings (SSSR count). The molecule has 0 bridgehead atoms. The van der Waals surface area contributed by atoms with Gasteiger partial charge in [0.1, 0.15) is 0 Å².